The molecule has 1 rings (SSSR count). The van der Waals surface area contributed by atoms with E-state index in [1.54, 1.807) is 25.3 Å². The van der Waals surface area contributed by atoms with Crippen molar-refractivity contribution in [2.24, 2.45) is 0 Å². The van der Waals surface area contributed by atoms with Gasteiger partial charge in [-0.3, -0.25) is 0 Å². The monoisotopic (exact) mass is 342 g/mol. The van der Waals surface area contributed by atoms with Gasteiger partial charge in [-0.2, -0.15) is 13.2 Å². The molecule has 0 aliphatic carbocycles. The van der Waals surface area contributed by atoms with Crippen molar-refractivity contribution in [2.75, 3.05) is 26.9 Å². The largest absolute Gasteiger partial charge is 0.497 e. The summed E-state index contributed by atoms with van der Waals surface area (Å²) in [6.07, 6.45) is -3.89. The zero-order valence-corrected chi connectivity index (χ0v) is 11.9. The average molecular weight is 343 g/mol. The zero-order valence-electron chi connectivity index (χ0n) is 10.3. The van der Waals surface area contributed by atoms with Gasteiger partial charge in [-0.05, 0) is 34.1 Å². The molecule has 0 unspecified atom stereocenters. The van der Waals surface area contributed by atoms with Crippen molar-refractivity contribution in [2.45, 2.75) is 12.6 Å². The first-order valence-corrected chi connectivity index (χ1v) is 6.32. The highest BCUT2D eigenvalue weighted by molar-refractivity contribution is 9.10. The Hall–Kier alpha value is -0.950. The molecular weight excluding hydrogens is 329 g/mol. The minimum Gasteiger partial charge on any atom is -0.497 e. The Balaban J connectivity index is 2.23. The summed E-state index contributed by atoms with van der Waals surface area (Å²) in [6.45, 7) is -0.935. The number of methoxy groups -OCH3 is 1. The first-order valence-electron chi connectivity index (χ1n) is 5.53. The van der Waals surface area contributed by atoms with Crippen molar-refractivity contribution in [1.29, 1.82) is 0 Å². The van der Waals surface area contributed by atoms with E-state index in [0.29, 0.717) is 17.9 Å². The van der Waals surface area contributed by atoms with Crippen molar-refractivity contribution in [3.63, 3.8) is 0 Å². The van der Waals surface area contributed by atoms with Crippen molar-refractivity contribution in [3.05, 3.63) is 22.7 Å². The van der Waals surface area contributed by atoms with Gasteiger partial charge in [0.1, 0.15) is 18.1 Å². The Kier molecular flexibility index (Phi) is 6.44. The van der Waals surface area contributed by atoms with Crippen LogP contribution in [-0.2, 0) is 4.74 Å². The van der Waals surface area contributed by atoms with Crippen LogP contribution < -0.4 is 9.47 Å². The van der Waals surface area contributed by atoms with Crippen LogP contribution in [0.25, 0.3) is 0 Å². The molecule has 7 heteroatoms. The molecule has 0 aromatic heterocycles. The summed E-state index contributed by atoms with van der Waals surface area (Å²) >= 11 is 3.31. The van der Waals surface area contributed by atoms with Gasteiger partial charge < -0.3 is 14.2 Å². The number of alkyl halides is 3. The van der Waals surface area contributed by atoms with Gasteiger partial charge in [0.05, 0.1) is 24.8 Å². The van der Waals surface area contributed by atoms with E-state index in [2.05, 4.69) is 20.7 Å². The summed E-state index contributed by atoms with van der Waals surface area (Å²) in [6, 6.07) is 5.20. The lowest BCUT2D eigenvalue weighted by Gasteiger charge is -2.10. The number of halogens is 4. The van der Waals surface area contributed by atoms with Gasteiger partial charge in [-0.1, -0.05) is 0 Å². The maximum atomic E-state index is 11.8. The third-order valence-corrected chi connectivity index (χ3v) is 2.72. The number of hydrogen-bond donors (Lipinski definition) is 0. The molecule has 3 nitrogen and oxygen atoms in total. The fourth-order valence-corrected chi connectivity index (χ4v) is 1.73. The molecule has 1 aromatic carbocycles. The molecule has 0 spiro atoms. The smallest absolute Gasteiger partial charge is 0.411 e. The van der Waals surface area contributed by atoms with Crippen molar-refractivity contribution in [1.82, 2.24) is 0 Å². The molecule has 0 radical (unpaired) electrons. The molecule has 0 aliphatic heterocycles. The second kappa shape index (κ2) is 7.59. The number of rotatable bonds is 7. The second-order valence-corrected chi connectivity index (χ2v) is 4.52. The lowest BCUT2D eigenvalue weighted by atomic mass is 10.3. The van der Waals surface area contributed by atoms with E-state index < -0.39 is 12.8 Å². The molecule has 0 fully saturated rings. The van der Waals surface area contributed by atoms with Gasteiger partial charge in [0, 0.05) is 6.42 Å². The summed E-state index contributed by atoms with van der Waals surface area (Å²) in [5, 5.41) is 0. The summed E-state index contributed by atoms with van der Waals surface area (Å²) in [7, 11) is 1.56. The fourth-order valence-electron chi connectivity index (χ4n) is 1.26. The highest BCUT2D eigenvalue weighted by Gasteiger charge is 2.27. The Labute approximate surface area is 117 Å². The van der Waals surface area contributed by atoms with Gasteiger partial charge in [0.15, 0.2) is 0 Å². The Bertz CT molecular complexity index is 396. The average Bonchev–Trinajstić information content (AvgIpc) is 2.33. The van der Waals surface area contributed by atoms with Gasteiger partial charge in [-0.15, -0.1) is 0 Å². The molecule has 0 aliphatic rings. The fraction of sp³-hybridized carbons (Fsp3) is 0.500. The van der Waals surface area contributed by atoms with Crippen LogP contribution >= 0.6 is 15.9 Å². The van der Waals surface area contributed by atoms with Crippen LogP contribution in [0.4, 0.5) is 13.2 Å². The highest BCUT2D eigenvalue weighted by atomic mass is 79.9. The third-order valence-electron chi connectivity index (χ3n) is 2.10. The van der Waals surface area contributed by atoms with E-state index in [9.17, 15) is 13.2 Å². The van der Waals surface area contributed by atoms with E-state index >= 15 is 0 Å². The SMILES string of the molecule is COc1ccc(OCCCOCC(F)(F)F)c(Br)c1. The molecule has 0 saturated carbocycles. The maximum Gasteiger partial charge on any atom is 0.411 e. The third kappa shape index (κ3) is 6.68. The quantitative estimate of drug-likeness (QED) is 0.705. The molecule has 108 valence electrons. The van der Waals surface area contributed by atoms with E-state index in [0.717, 1.165) is 4.47 Å². The van der Waals surface area contributed by atoms with Crippen LogP contribution in [0.2, 0.25) is 0 Å². The van der Waals surface area contributed by atoms with E-state index in [4.69, 9.17) is 9.47 Å². The topological polar surface area (TPSA) is 27.7 Å². The van der Waals surface area contributed by atoms with Gasteiger partial charge >= 0.3 is 6.18 Å². The summed E-state index contributed by atoms with van der Waals surface area (Å²) in [5.41, 5.74) is 0. The summed E-state index contributed by atoms with van der Waals surface area (Å²) in [4.78, 5) is 0. The maximum absolute atomic E-state index is 11.8. The molecule has 0 bridgehead atoms. The predicted octanol–water partition coefficient (Wildman–Crippen LogP) is 3.81. The minimum atomic E-state index is -4.28. The van der Waals surface area contributed by atoms with Crippen molar-refractivity contribution < 1.29 is 27.4 Å². The van der Waals surface area contributed by atoms with Crippen molar-refractivity contribution >= 4 is 15.9 Å². The van der Waals surface area contributed by atoms with Crippen LogP contribution in [0.3, 0.4) is 0 Å². The Morgan fingerprint density at radius 1 is 1.21 bits per heavy atom. The standard InChI is InChI=1S/C12H14BrF3O3/c1-17-9-3-4-11(10(13)7-9)19-6-2-5-18-8-12(14,15)16/h3-4,7H,2,5-6,8H2,1H3. The molecular formula is C12H14BrF3O3. The molecule has 0 atom stereocenters. The second-order valence-electron chi connectivity index (χ2n) is 3.67. The molecule has 0 amide bonds. The van der Waals surface area contributed by atoms with Gasteiger partial charge in [0.25, 0.3) is 0 Å². The zero-order chi connectivity index (χ0) is 14.3. The van der Waals surface area contributed by atoms with Crippen LogP contribution in [-0.4, -0.2) is 33.1 Å². The van der Waals surface area contributed by atoms with Crippen LogP contribution in [0, 0.1) is 0 Å². The van der Waals surface area contributed by atoms with Gasteiger partial charge in [0.2, 0.25) is 0 Å². The van der Waals surface area contributed by atoms with Crippen LogP contribution in [0.5, 0.6) is 11.5 Å². The van der Waals surface area contributed by atoms with E-state index in [1.165, 1.54) is 0 Å². The first-order chi connectivity index (χ1) is 8.92. The molecule has 0 heterocycles. The summed E-state index contributed by atoms with van der Waals surface area (Å²) in [5.74, 6) is 1.30. The first kappa shape index (κ1) is 16.1. The summed E-state index contributed by atoms with van der Waals surface area (Å²) < 4.78 is 51.0. The van der Waals surface area contributed by atoms with Crippen molar-refractivity contribution in [3.8, 4) is 11.5 Å². The van der Waals surface area contributed by atoms with E-state index in [1.807, 2.05) is 0 Å². The number of hydrogen-bond acceptors (Lipinski definition) is 3. The van der Waals surface area contributed by atoms with E-state index in [-0.39, 0.29) is 13.2 Å². The predicted molar refractivity (Wildman–Crippen MR) is 67.7 cm³/mol. The normalized spacial score (nSPS) is 11.4. The lowest BCUT2D eigenvalue weighted by molar-refractivity contribution is -0.174. The Morgan fingerprint density at radius 2 is 1.95 bits per heavy atom. The number of ether oxygens (including phenoxy) is 3. The van der Waals surface area contributed by atoms with Crippen LogP contribution in [0.1, 0.15) is 6.42 Å². The minimum absolute atomic E-state index is 0.00723. The van der Waals surface area contributed by atoms with Crippen LogP contribution in [0.15, 0.2) is 22.7 Å². The highest BCUT2D eigenvalue weighted by Crippen LogP contribution is 2.29. The molecule has 0 saturated heterocycles. The number of benzene rings is 1. The van der Waals surface area contributed by atoms with Gasteiger partial charge in [-0.25, -0.2) is 0 Å². The molecule has 0 N–H and O–H groups in total. The Morgan fingerprint density at radius 3 is 2.53 bits per heavy atom. The molecule has 19 heavy (non-hydrogen) atoms. The lowest BCUT2D eigenvalue weighted by Crippen LogP contribution is -2.18. The molecule has 1 aromatic rings.